The Morgan fingerprint density at radius 3 is 2.67 bits per heavy atom. The molecular formula is C14H20N2O2. The predicted molar refractivity (Wildman–Crippen MR) is 69.5 cm³/mol. The summed E-state index contributed by atoms with van der Waals surface area (Å²) in [7, 11) is 0. The molecule has 0 bridgehead atoms. The molecule has 0 unspecified atom stereocenters. The van der Waals surface area contributed by atoms with E-state index in [1.54, 1.807) is 12.3 Å². The smallest absolute Gasteiger partial charge is 0.335 e. The standard InChI is InChI=1S/C14H20N2O2/c1-3-14(4-2)9-16(10-14)8-12-7-11(13(17)18)5-6-15-12/h5-7H,3-4,8-10H2,1-2H3,(H,17,18). The number of rotatable bonds is 5. The van der Waals surface area contributed by atoms with Crippen LogP contribution < -0.4 is 0 Å². The predicted octanol–water partition coefficient (Wildman–Crippen LogP) is 2.40. The molecule has 0 saturated carbocycles. The highest BCUT2D eigenvalue weighted by atomic mass is 16.4. The lowest BCUT2D eigenvalue weighted by molar-refractivity contribution is -0.0128. The molecular weight excluding hydrogens is 228 g/mol. The third kappa shape index (κ3) is 2.53. The second kappa shape index (κ2) is 5.06. The summed E-state index contributed by atoms with van der Waals surface area (Å²) in [6.45, 7) is 7.43. The molecule has 0 amide bonds. The molecule has 2 heterocycles. The third-order valence-corrected chi connectivity index (χ3v) is 4.07. The van der Waals surface area contributed by atoms with Crippen molar-refractivity contribution in [3.05, 3.63) is 29.6 Å². The Bertz CT molecular complexity index is 433. The monoisotopic (exact) mass is 248 g/mol. The molecule has 98 valence electrons. The first-order valence-electron chi connectivity index (χ1n) is 6.49. The van der Waals surface area contributed by atoms with Crippen LogP contribution in [0.1, 0.15) is 42.7 Å². The fourth-order valence-electron chi connectivity index (χ4n) is 2.64. The van der Waals surface area contributed by atoms with Crippen LogP contribution >= 0.6 is 0 Å². The number of carboxylic acid groups (broad SMARTS) is 1. The first-order chi connectivity index (χ1) is 8.58. The van der Waals surface area contributed by atoms with Gasteiger partial charge in [-0.15, -0.1) is 0 Å². The molecule has 18 heavy (non-hydrogen) atoms. The van der Waals surface area contributed by atoms with Crippen LogP contribution in [0.3, 0.4) is 0 Å². The molecule has 1 aromatic heterocycles. The van der Waals surface area contributed by atoms with Crippen LogP contribution in [0.25, 0.3) is 0 Å². The van der Waals surface area contributed by atoms with Gasteiger partial charge in [-0.3, -0.25) is 9.88 Å². The van der Waals surface area contributed by atoms with Gasteiger partial charge in [0, 0.05) is 25.8 Å². The Hall–Kier alpha value is -1.42. The maximum absolute atomic E-state index is 10.9. The quantitative estimate of drug-likeness (QED) is 0.869. The highest BCUT2D eigenvalue weighted by Gasteiger charge is 2.39. The number of likely N-dealkylation sites (tertiary alicyclic amines) is 1. The van der Waals surface area contributed by atoms with Crippen molar-refractivity contribution in [3.63, 3.8) is 0 Å². The van der Waals surface area contributed by atoms with Gasteiger partial charge in [0.05, 0.1) is 11.3 Å². The van der Waals surface area contributed by atoms with E-state index >= 15 is 0 Å². The van der Waals surface area contributed by atoms with Gasteiger partial charge in [-0.1, -0.05) is 13.8 Å². The minimum absolute atomic E-state index is 0.317. The Morgan fingerprint density at radius 2 is 2.11 bits per heavy atom. The molecule has 1 fully saturated rings. The maximum atomic E-state index is 10.9. The van der Waals surface area contributed by atoms with Crippen LogP contribution in [-0.4, -0.2) is 34.0 Å². The highest BCUT2D eigenvalue weighted by molar-refractivity contribution is 5.87. The van der Waals surface area contributed by atoms with E-state index in [2.05, 4.69) is 23.7 Å². The molecule has 0 spiro atoms. The van der Waals surface area contributed by atoms with Gasteiger partial charge in [-0.25, -0.2) is 4.79 Å². The normalized spacial score (nSPS) is 18.3. The molecule has 0 atom stereocenters. The number of carbonyl (C=O) groups is 1. The van der Waals surface area contributed by atoms with E-state index in [-0.39, 0.29) is 0 Å². The van der Waals surface area contributed by atoms with Crippen LogP contribution in [-0.2, 0) is 6.54 Å². The van der Waals surface area contributed by atoms with Crippen molar-refractivity contribution in [2.45, 2.75) is 33.2 Å². The average Bonchev–Trinajstić information content (AvgIpc) is 2.33. The second-order valence-electron chi connectivity index (χ2n) is 5.19. The molecule has 1 aliphatic rings. The highest BCUT2D eigenvalue weighted by Crippen LogP contribution is 2.37. The van der Waals surface area contributed by atoms with Crippen LogP contribution in [0.15, 0.2) is 18.3 Å². The zero-order valence-electron chi connectivity index (χ0n) is 11.0. The van der Waals surface area contributed by atoms with Gasteiger partial charge >= 0.3 is 5.97 Å². The van der Waals surface area contributed by atoms with Gasteiger partial charge in [0.15, 0.2) is 0 Å². The number of hydrogen-bond donors (Lipinski definition) is 1. The summed E-state index contributed by atoms with van der Waals surface area (Å²) >= 11 is 0. The second-order valence-corrected chi connectivity index (χ2v) is 5.19. The molecule has 2 rings (SSSR count). The van der Waals surface area contributed by atoms with Gasteiger partial charge < -0.3 is 5.11 Å². The Labute approximate surface area is 108 Å². The van der Waals surface area contributed by atoms with Gasteiger partial charge in [0.25, 0.3) is 0 Å². The maximum Gasteiger partial charge on any atom is 0.335 e. The number of pyridine rings is 1. The molecule has 1 aromatic rings. The van der Waals surface area contributed by atoms with Gasteiger partial charge in [-0.05, 0) is 30.4 Å². The van der Waals surface area contributed by atoms with Crippen LogP contribution in [0.2, 0.25) is 0 Å². The van der Waals surface area contributed by atoms with E-state index in [9.17, 15) is 4.79 Å². The van der Waals surface area contributed by atoms with E-state index in [1.165, 1.54) is 18.9 Å². The molecule has 1 N–H and O–H groups in total. The van der Waals surface area contributed by atoms with Crippen LogP contribution in [0.4, 0.5) is 0 Å². The summed E-state index contributed by atoms with van der Waals surface area (Å²) in [6, 6.07) is 3.20. The largest absolute Gasteiger partial charge is 0.478 e. The zero-order valence-corrected chi connectivity index (χ0v) is 11.0. The van der Waals surface area contributed by atoms with E-state index in [0.29, 0.717) is 11.0 Å². The van der Waals surface area contributed by atoms with E-state index in [0.717, 1.165) is 25.3 Å². The molecule has 1 aliphatic heterocycles. The summed E-state index contributed by atoms with van der Waals surface area (Å²) in [5.74, 6) is -0.890. The molecule has 4 nitrogen and oxygen atoms in total. The first kappa shape index (κ1) is 13.0. The fraction of sp³-hybridized carbons (Fsp3) is 0.571. The van der Waals surface area contributed by atoms with Crippen molar-refractivity contribution < 1.29 is 9.90 Å². The third-order valence-electron chi connectivity index (χ3n) is 4.07. The molecule has 0 aromatic carbocycles. The number of hydrogen-bond acceptors (Lipinski definition) is 3. The Morgan fingerprint density at radius 1 is 1.44 bits per heavy atom. The summed E-state index contributed by atoms with van der Waals surface area (Å²) in [5, 5.41) is 8.93. The summed E-state index contributed by atoms with van der Waals surface area (Å²) in [6.07, 6.45) is 4.00. The molecule has 4 heteroatoms. The number of aromatic carboxylic acids is 1. The molecule has 0 aliphatic carbocycles. The van der Waals surface area contributed by atoms with E-state index < -0.39 is 5.97 Å². The van der Waals surface area contributed by atoms with Crippen LogP contribution in [0, 0.1) is 5.41 Å². The lowest BCUT2D eigenvalue weighted by atomic mass is 9.75. The van der Waals surface area contributed by atoms with Gasteiger partial charge in [0.1, 0.15) is 0 Å². The number of carboxylic acids is 1. The minimum Gasteiger partial charge on any atom is -0.478 e. The average molecular weight is 248 g/mol. The SMILES string of the molecule is CCC1(CC)CN(Cc2cc(C(=O)O)ccn2)C1. The molecule has 0 radical (unpaired) electrons. The Kier molecular flexibility index (Phi) is 3.66. The Balaban J connectivity index is 1.96. The van der Waals surface area contributed by atoms with Crippen molar-refractivity contribution in [1.29, 1.82) is 0 Å². The van der Waals surface area contributed by atoms with E-state index in [1.807, 2.05) is 0 Å². The summed E-state index contributed by atoms with van der Waals surface area (Å²) in [4.78, 5) is 17.4. The van der Waals surface area contributed by atoms with Crippen molar-refractivity contribution in [1.82, 2.24) is 9.88 Å². The lowest BCUT2D eigenvalue weighted by Gasteiger charge is -2.49. The minimum atomic E-state index is -0.890. The first-order valence-corrected chi connectivity index (χ1v) is 6.49. The summed E-state index contributed by atoms with van der Waals surface area (Å²) in [5.41, 5.74) is 1.64. The van der Waals surface area contributed by atoms with E-state index in [4.69, 9.17) is 5.11 Å². The fourth-order valence-corrected chi connectivity index (χ4v) is 2.64. The summed E-state index contributed by atoms with van der Waals surface area (Å²) < 4.78 is 0. The van der Waals surface area contributed by atoms with Crippen molar-refractivity contribution in [3.8, 4) is 0 Å². The molecule has 1 saturated heterocycles. The zero-order chi connectivity index (χ0) is 13.2. The van der Waals surface area contributed by atoms with Crippen molar-refractivity contribution >= 4 is 5.97 Å². The number of nitrogens with zero attached hydrogens (tertiary/aromatic N) is 2. The van der Waals surface area contributed by atoms with Crippen molar-refractivity contribution in [2.24, 2.45) is 5.41 Å². The topological polar surface area (TPSA) is 53.4 Å². The van der Waals surface area contributed by atoms with Gasteiger partial charge in [-0.2, -0.15) is 0 Å². The van der Waals surface area contributed by atoms with Crippen LogP contribution in [0.5, 0.6) is 0 Å². The lowest BCUT2D eigenvalue weighted by Crippen LogP contribution is -2.55. The number of aromatic nitrogens is 1. The van der Waals surface area contributed by atoms with Gasteiger partial charge in [0.2, 0.25) is 0 Å². The van der Waals surface area contributed by atoms with Crippen molar-refractivity contribution in [2.75, 3.05) is 13.1 Å².